The second-order valence-electron chi connectivity index (χ2n) is 5.92. The average Bonchev–Trinajstić information content (AvgIpc) is 2.74. The van der Waals surface area contributed by atoms with Gasteiger partial charge in [0.05, 0.1) is 0 Å². The van der Waals surface area contributed by atoms with Crippen molar-refractivity contribution in [3.05, 3.63) is 0 Å². The van der Waals surface area contributed by atoms with Crippen molar-refractivity contribution in [2.75, 3.05) is 26.7 Å². The Labute approximate surface area is 108 Å². The summed E-state index contributed by atoms with van der Waals surface area (Å²) in [5.41, 5.74) is 0. The van der Waals surface area contributed by atoms with Crippen LogP contribution in [0.4, 0.5) is 0 Å². The van der Waals surface area contributed by atoms with Crippen LogP contribution in [0.1, 0.15) is 52.9 Å². The molecule has 0 saturated heterocycles. The molecule has 0 aromatic heterocycles. The molecular formula is C15H32N2. The van der Waals surface area contributed by atoms with Crippen molar-refractivity contribution in [3.8, 4) is 0 Å². The van der Waals surface area contributed by atoms with Gasteiger partial charge in [-0.1, -0.05) is 33.6 Å². The Morgan fingerprint density at radius 2 is 2.06 bits per heavy atom. The molecule has 1 rings (SSSR count). The zero-order chi connectivity index (χ0) is 12.7. The Bertz CT molecular complexity index is 193. The number of nitrogens with one attached hydrogen (secondary N) is 1. The van der Waals surface area contributed by atoms with Gasteiger partial charge in [0.2, 0.25) is 0 Å². The Balaban J connectivity index is 2.20. The zero-order valence-electron chi connectivity index (χ0n) is 12.3. The van der Waals surface area contributed by atoms with Gasteiger partial charge in [-0.15, -0.1) is 0 Å². The van der Waals surface area contributed by atoms with Crippen molar-refractivity contribution in [2.45, 2.75) is 58.9 Å². The normalized spacial score (nSPS) is 26.6. The molecule has 0 heterocycles. The van der Waals surface area contributed by atoms with Crippen LogP contribution in [-0.2, 0) is 0 Å². The van der Waals surface area contributed by atoms with Crippen LogP contribution in [0.25, 0.3) is 0 Å². The van der Waals surface area contributed by atoms with Crippen LogP contribution in [0.15, 0.2) is 0 Å². The highest BCUT2D eigenvalue weighted by Gasteiger charge is 2.26. The molecule has 1 saturated carbocycles. The van der Waals surface area contributed by atoms with Crippen molar-refractivity contribution in [1.29, 1.82) is 0 Å². The lowest BCUT2D eigenvalue weighted by Gasteiger charge is -2.25. The lowest BCUT2D eigenvalue weighted by Crippen LogP contribution is -2.34. The molecule has 2 heteroatoms. The molecule has 1 fully saturated rings. The fourth-order valence-corrected chi connectivity index (χ4v) is 3.05. The van der Waals surface area contributed by atoms with Crippen LogP contribution in [0.3, 0.4) is 0 Å². The van der Waals surface area contributed by atoms with Crippen LogP contribution in [0.2, 0.25) is 0 Å². The summed E-state index contributed by atoms with van der Waals surface area (Å²) in [6.45, 7) is 10.5. The van der Waals surface area contributed by atoms with E-state index in [1.807, 2.05) is 0 Å². The zero-order valence-corrected chi connectivity index (χ0v) is 12.3. The van der Waals surface area contributed by atoms with E-state index in [0.29, 0.717) is 0 Å². The second kappa shape index (κ2) is 8.10. The van der Waals surface area contributed by atoms with Gasteiger partial charge < -0.3 is 10.2 Å². The molecule has 0 radical (unpaired) electrons. The summed E-state index contributed by atoms with van der Waals surface area (Å²) in [6, 6.07) is 0.803. The molecular weight excluding hydrogens is 208 g/mol. The summed E-state index contributed by atoms with van der Waals surface area (Å²) in [5.74, 6) is 1.77. The summed E-state index contributed by atoms with van der Waals surface area (Å²) in [4.78, 5) is 2.52. The van der Waals surface area contributed by atoms with Crippen molar-refractivity contribution in [3.63, 3.8) is 0 Å². The Hall–Kier alpha value is -0.0800. The van der Waals surface area contributed by atoms with Gasteiger partial charge in [-0.3, -0.25) is 0 Å². The maximum absolute atomic E-state index is 3.65. The highest BCUT2D eigenvalue weighted by Crippen LogP contribution is 2.28. The molecule has 17 heavy (non-hydrogen) atoms. The molecule has 0 aromatic carbocycles. The third-order valence-electron chi connectivity index (χ3n) is 4.33. The molecule has 102 valence electrons. The van der Waals surface area contributed by atoms with E-state index in [1.165, 1.54) is 45.2 Å². The molecule has 1 aliphatic rings. The number of hydrogen-bond acceptors (Lipinski definition) is 2. The van der Waals surface area contributed by atoms with E-state index >= 15 is 0 Å². The maximum Gasteiger partial charge on any atom is 0.00956 e. The summed E-state index contributed by atoms with van der Waals surface area (Å²) in [5, 5.41) is 3.65. The average molecular weight is 240 g/mol. The Kier molecular flexibility index (Phi) is 7.14. The summed E-state index contributed by atoms with van der Waals surface area (Å²) in [6.07, 6.45) is 6.94. The van der Waals surface area contributed by atoms with Crippen LogP contribution < -0.4 is 5.32 Å². The van der Waals surface area contributed by atoms with Crippen molar-refractivity contribution in [2.24, 2.45) is 11.8 Å². The number of hydrogen-bond donors (Lipinski definition) is 1. The lowest BCUT2D eigenvalue weighted by molar-refractivity contribution is 0.250. The van der Waals surface area contributed by atoms with Gasteiger partial charge in [-0.05, 0) is 51.2 Å². The monoisotopic (exact) mass is 240 g/mol. The summed E-state index contributed by atoms with van der Waals surface area (Å²) in [7, 11) is 2.28. The first-order valence-corrected chi connectivity index (χ1v) is 7.59. The largest absolute Gasteiger partial charge is 0.314 e. The fourth-order valence-electron chi connectivity index (χ4n) is 3.05. The van der Waals surface area contributed by atoms with Crippen LogP contribution in [-0.4, -0.2) is 37.6 Å². The van der Waals surface area contributed by atoms with Crippen molar-refractivity contribution in [1.82, 2.24) is 10.2 Å². The maximum atomic E-state index is 3.65. The Morgan fingerprint density at radius 1 is 1.29 bits per heavy atom. The van der Waals surface area contributed by atoms with E-state index in [0.717, 1.165) is 24.4 Å². The molecule has 1 N–H and O–H groups in total. The minimum Gasteiger partial charge on any atom is -0.314 e. The van der Waals surface area contributed by atoms with Gasteiger partial charge in [0.1, 0.15) is 0 Å². The van der Waals surface area contributed by atoms with E-state index in [2.05, 4.69) is 38.0 Å². The van der Waals surface area contributed by atoms with Crippen molar-refractivity contribution < 1.29 is 0 Å². The lowest BCUT2D eigenvalue weighted by atomic mass is 9.99. The molecule has 0 spiro atoms. The second-order valence-corrected chi connectivity index (χ2v) is 5.92. The highest BCUT2D eigenvalue weighted by atomic mass is 15.1. The van der Waals surface area contributed by atoms with Gasteiger partial charge >= 0.3 is 0 Å². The van der Waals surface area contributed by atoms with E-state index < -0.39 is 0 Å². The van der Waals surface area contributed by atoms with Gasteiger partial charge in [0.25, 0.3) is 0 Å². The van der Waals surface area contributed by atoms with Crippen LogP contribution >= 0.6 is 0 Å². The molecule has 0 bridgehead atoms. The van der Waals surface area contributed by atoms with Crippen LogP contribution in [0, 0.1) is 11.8 Å². The number of rotatable bonds is 8. The van der Waals surface area contributed by atoms with Gasteiger partial charge in [0, 0.05) is 12.6 Å². The number of nitrogens with zero attached hydrogens (tertiary/aromatic N) is 1. The smallest absolute Gasteiger partial charge is 0.00956 e. The molecule has 3 atom stereocenters. The summed E-state index contributed by atoms with van der Waals surface area (Å²) < 4.78 is 0. The first-order valence-electron chi connectivity index (χ1n) is 7.59. The van der Waals surface area contributed by atoms with Crippen molar-refractivity contribution >= 4 is 0 Å². The van der Waals surface area contributed by atoms with Gasteiger partial charge in [-0.2, -0.15) is 0 Å². The third kappa shape index (κ3) is 5.39. The minimum atomic E-state index is 0.803. The topological polar surface area (TPSA) is 15.3 Å². The molecule has 1 aliphatic carbocycles. The molecule has 2 nitrogen and oxygen atoms in total. The predicted molar refractivity (Wildman–Crippen MR) is 76.4 cm³/mol. The van der Waals surface area contributed by atoms with E-state index in [-0.39, 0.29) is 0 Å². The SMILES string of the molecule is CCNC1CCCC1CCN(C)CC(C)CC. The molecule has 0 amide bonds. The minimum absolute atomic E-state index is 0.803. The highest BCUT2D eigenvalue weighted by molar-refractivity contribution is 4.83. The molecule has 0 aromatic rings. The van der Waals surface area contributed by atoms with E-state index in [9.17, 15) is 0 Å². The van der Waals surface area contributed by atoms with Gasteiger partial charge in [0.15, 0.2) is 0 Å². The molecule has 3 unspecified atom stereocenters. The standard InChI is InChI=1S/C15H32N2/c1-5-13(3)12-17(4)11-10-14-8-7-9-15(14)16-6-2/h13-16H,5-12H2,1-4H3. The van der Waals surface area contributed by atoms with Gasteiger partial charge in [-0.25, -0.2) is 0 Å². The molecule has 0 aliphatic heterocycles. The fraction of sp³-hybridized carbons (Fsp3) is 1.00. The summed E-state index contributed by atoms with van der Waals surface area (Å²) >= 11 is 0. The van der Waals surface area contributed by atoms with Crippen LogP contribution in [0.5, 0.6) is 0 Å². The quantitative estimate of drug-likeness (QED) is 0.701. The Morgan fingerprint density at radius 3 is 2.71 bits per heavy atom. The first-order chi connectivity index (χ1) is 8.17. The van der Waals surface area contributed by atoms with E-state index in [4.69, 9.17) is 0 Å². The first kappa shape index (κ1) is 15.0. The third-order valence-corrected chi connectivity index (χ3v) is 4.33. The van der Waals surface area contributed by atoms with E-state index in [1.54, 1.807) is 0 Å². The predicted octanol–water partition coefficient (Wildman–Crippen LogP) is 3.13.